The fourth-order valence-electron chi connectivity index (χ4n) is 3.51. The number of para-hydroxylation sites is 1. The van der Waals surface area contributed by atoms with Crippen LogP contribution < -0.4 is 10.1 Å². The molecule has 0 saturated carbocycles. The zero-order chi connectivity index (χ0) is 23.1. The maximum absolute atomic E-state index is 13.1. The molecule has 1 aliphatic rings. The van der Waals surface area contributed by atoms with Gasteiger partial charge in [-0.25, -0.2) is 8.42 Å². The third-order valence-corrected chi connectivity index (χ3v) is 7.07. The zero-order valence-electron chi connectivity index (χ0n) is 17.7. The Morgan fingerprint density at radius 2 is 1.81 bits per heavy atom. The number of carbonyl (C=O) groups excluding carboxylic acids is 1. The van der Waals surface area contributed by atoms with Gasteiger partial charge in [0.15, 0.2) is 0 Å². The van der Waals surface area contributed by atoms with Crippen molar-refractivity contribution in [2.45, 2.75) is 30.6 Å². The molecule has 2 aromatic rings. The molecule has 3 rings (SSSR count). The maximum Gasteiger partial charge on any atom is 0.276 e. The molecule has 170 valence electrons. The number of nitrogens with one attached hydrogen (secondary N) is 1. The minimum atomic E-state index is -3.71. The third-order valence-electron chi connectivity index (χ3n) is 5.18. The van der Waals surface area contributed by atoms with E-state index in [0.29, 0.717) is 18.8 Å². The lowest BCUT2D eigenvalue weighted by Gasteiger charge is -2.20. The molecule has 1 N–H and O–H groups in total. The summed E-state index contributed by atoms with van der Waals surface area (Å²) in [5.41, 5.74) is 0.345. The first-order valence-electron chi connectivity index (χ1n) is 10.2. The molecule has 0 spiro atoms. The van der Waals surface area contributed by atoms with Gasteiger partial charge in [-0.05, 0) is 43.2 Å². The molecular formula is C22H25N3O6S. The number of ether oxygens (including phenoxy) is 1. The van der Waals surface area contributed by atoms with Crippen LogP contribution >= 0.6 is 0 Å². The molecule has 1 aliphatic heterocycles. The van der Waals surface area contributed by atoms with Gasteiger partial charge in [0.2, 0.25) is 15.9 Å². The number of methoxy groups -OCH3 is 1. The van der Waals surface area contributed by atoms with Crippen LogP contribution in [0.25, 0.3) is 6.08 Å². The molecule has 1 amide bonds. The standard InChI is InChI=1S/C22H25N3O6S/c1-31-21-12-11-18(32(29,30)24-14-6-2-3-7-15-24)16-19(21)23-22(26)13-10-17-8-4-5-9-20(17)25(27)28/h4-5,8-13,16H,2-3,6-7,14-15H2,1H3,(H,23,26)/b13-10+. The van der Waals surface area contributed by atoms with Crippen molar-refractivity contribution in [1.29, 1.82) is 0 Å². The van der Waals surface area contributed by atoms with Gasteiger partial charge in [-0.2, -0.15) is 4.31 Å². The number of benzene rings is 2. The fourth-order valence-corrected chi connectivity index (χ4v) is 5.05. The van der Waals surface area contributed by atoms with Gasteiger partial charge < -0.3 is 10.1 Å². The van der Waals surface area contributed by atoms with Crippen molar-refractivity contribution in [1.82, 2.24) is 4.31 Å². The molecular weight excluding hydrogens is 434 g/mol. The summed E-state index contributed by atoms with van der Waals surface area (Å²) < 4.78 is 32.9. The number of hydrogen-bond donors (Lipinski definition) is 1. The van der Waals surface area contributed by atoms with E-state index >= 15 is 0 Å². The largest absolute Gasteiger partial charge is 0.495 e. The van der Waals surface area contributed by atoms with Gasteiger partial charge in [-0.1, -0.05) is 25.0 Å². The van der Waals surface area contributed by atoms with Crippen LogP contribution in [-0.2, 0) is 14.8 Å². The zero-order valence-corrected chi connectivity index (χ0v) is 18.5. The number of carbonyl (C=O) groups is 1. The SMILES string of the molecule is COc1ccc(S(=O)(=O)N2CCCCCC2)cc1NC(=O)/C=C/c1ccccc1[N+](=O)[O-]. The lowest BCUT2D eigenvalue weighted by Crippen LogP contribution is -2.32. The Bertz CT molecular complexity index is 1120. The first-order valence-corrected chi connectivity index (χ1v) is 11.7. The molecule has 0 atom stereocenters. The van der Waals surface area contributed by atoms with E-state index < -0.39 is 20.9 Å². The van der Waals surface area contributed by atoms with E-state index in [1.807, 2.05) is 0 Å². The third kappa shape index (κ3) is 5.51. The summed E-state index contributed by atoms with van der Waals surface area (Å²) in [5, 5.41) is 13.7. The summed E-state index contributed by atoms with van der Waals surface area (Å²) in [7, 11) is -2.29. The Kier molecular flexibility index (Phi) is 7.60. The lowest BCUT2D eigenvalue weighted by molar-refractivity contribution is -0.385. The van der Waals surface area contributed by atoms with Crippen LogP contribution in [-0.4, -0.2) is 43.8 Å². The average Bonchev–Trinajstić information content (AvgIpc) is 3.08. The Morgan fingerprint density at radius 1 is 1.12 bits per heavy atom. The first kappa shape index (κ1) is 23.4. The van der Waals surface area contributed by atoms with Crippen molar-refractivity contribution >= 4 is 33.4 Å². The number of anilines is 1. The average molecular weight is 460 g/mol. The van der Waals surface area contributed by atoms with Crippen molar-refractivity contribution in [3.05, 3.63) is 64.2 Å². The smallest absolute Gasteiger partial charge is 0.276 e. The highest BCUT2D eigenvalue weighted by Crippen LogP contribution is 2.30. The highest BCUT2D eigenvalue weighted by molar-refractivity contribution is 7.89. The Morgan fingerprint density at radius 3 is 2.47 bits per heavy atom. The normalized spacial score (nSPS) is 15.3. The van der Waals surface area contributed by atoms with Crippen molar-refractivity contribution in [3.63, 3.8) is 0 Å². The number of nitrogens with zero attached hydrogens (tertiary/aromatic N) is 2. The molecule has 0 unspecified atom stereocenters. The Balaban J connectivity index is 1.83. The summed E-state index contributed by atoms with van der Waals surface area (Å²) in [6.07, 6.45) is 6.12. The van der Waals surface area contributed by atoms with E-state index in [0.717, 1.165) is 31.8 Å². The highest BCUT2D eigenvalue weighted by Gasteiger charge is 2.26. The molecule has 1 heterocycles. The quantitative estimate of drug-likeness (QED) is 0.382. The van der Waals surface area contributed by atoms with Gasteiger partial charge in [0.1, 0.15) is 5.75 Å². The van der Waals surface area contributed by atoms with Crippen LogP contribution in [0.3, 0.4) is 0 Å². The molecule has 1 saturated heterocycles. The van der Waals surface area contributed by atoms with Crippen molar-refractivity contribution < 1.29 is 22.9 Å². The highest BCUT2D eigenvalue weighted by atomic mass is 32.2. The van der Waals surface area contributed by atoms with Crippen LogP contribution in [0.5, 0.6) is 5.75 Å². The van der Waals surface area contributed by atoms with Crippen molar-refractivity contribution in [3.8, 4) is 5.75 Å². The van der Waals surface area contributed by atoms with Crippen LogP contribution in [0.15, 0.2) is 53.4 Å². The van der Waals surface area contributed by atoms with Gasteiger partial charge in [0.05, 0.1) is 28.2 Å². The van der Waals surface area contributed by atoms with Gasteiger partial charge in [-0.15, -0.1) is 0 Å². The summed E-state index contributed by atoms with van der Waals surface area (Å²) in [4.78, 5) is 23.1. The predicted octanol–water partition coefficient (Wildman–Crippen LogP) is 3.82. The molecule has 1 fully saturated rings. The summed E-state index contributed by atoms with van der Waals surface area (Å²) in [5.74, 6) is -0.280. The maximum atomic E-state index is 13.1. The molecule has 0 aliphatic carbocycles. The molecule has 0 aromatic heterocycles. The summed E-state index contributed by atoms with van der Waals surface area (Å²) >= 11 is 0. The fraction of sp³-hybridized carbons (Fsp3) is 0.318. The number of nitro groups is 1. The summed E-state index contributed by atoms with van der Waals surface area (Å²) in [6.45, 7) is 0.934. The number of amides is 1. The monoisotopic (exact) mass is 459 g/mol. The molecule has 10 heteroatoms. The van der Waals surface area contributed by atoms with Gasteiger partial charge in [0, 0.05) is 25.2 Å². The molecule has 0 radical (unpaired) electrons. The van der Waals surface area contributed by atoms with E-state index in [1.54, 1.807) is 6.07 Å². The van der Waals surface area contributed by atoms with Gasteiger partial charge in [0.25, 0.3) is 5.69 Å². The minimum Gasteiger partial charge on any atom is -0.495 e. The van der Waals surface area contributed by atoms with Crippen LogP contribution in [0.4, 0.5) is 11.4 Å². The molecule has 9 nitrogen and oxygen atoms in total. The molecule has 32 heavy (non-hydrogen) atoms. The number of sulfonamides is 1. The van der Waals surface area contributed by atoms with E-state index in [4.69, 9.17) is 4.74 Å². The van der Waals surface area contributed by atoms with Crippen LogP contribution in [0.2, 0.25) is 0 Å². The second-order valence-corrected chi connectivity index (χ2v) is 9.26. The second kappa shape index (κ2) is 10.4. The number of nitro benzene ring substituents is 1. The topological polar surface area (TPSA) is 119 Å². The number of hydrogen-bond acceptors (Lipinski definition) is 6. The lowest BCUT2D eigenvalue weighted by atomic mass is 10.1. The van der Waals surface area contributed by atoms with Crippen LogP contribution in [0.1, 0.15) is 31.2 Å². The number of rotatable bonds is 7. The van der Waals surface area contributed by atoms with E-state index in [1.165, 1.54) is 53.9 Å². The van der Waals surface area contributed by atoms with Crippen molar-refractivity contribution in [2.24, 2.45) is 0 Å². The minimum absolute atomic E-state index is 0.0678. The molecule has 2 aromatic carbocycles. The Labute approximate surface area is 186 Å². The summed E-state index contributed by atoms with van der Waals surface area (Å²) in [6, 6.07) is 10.4. The Hall–Kier alpha value is -3.24. The van der Waals surface area contributed by atoms with E-state index in [2.05, 4.69) is 5.32 Å². The van der Waals surface area contributed by atoms with Crippen LogP contribution in [0, 0.1) is 10.1 Å². The van der Waals surface area contributed by atoms with E-state index in [9.17, 15) is 23.3 Å². The van der Waals surface area contributed by atoms with Crippen molar-refractivity contribution in [2.75, 3.05) is 25.5 Å². The van der Waals surface area contributed by atoms with Gasteiger partial charge in [-0.3, -0.25) is 14.9 Å². The second-order valence-electron chi connectivity index (χ2n) is 7.32. The predicted molar refractivity (Wildman–Crippen MR) is 121 cm³/mol. The van der Waals surface area contributed by atoms with E-state index in [-0.39, 0.29) is 21.8 Å². The van der Waals surface area contributed by atoms with Gasteiger partial charge >= 0.3 is 0 Å². The molecule has 0 bridgehead atoms. The first-order chi connectivity index (χ1) is 15.3.